The second kappa shape index (κ2) is 7.37. The van der Waals surface area contributed by atoms with Crippen LogP contribution in [-0.4, -0.2) is 31.7 Å². The third-order valence-corrected chi connectivity index (χ3v) is 6.44. The van der Waals surface area contributed by atoms with Crippen LogP contribution in [0.1, 0.15) is 18.4 Å². The number of anilines is 1. The molecule has 5 nitrogen and oxygen atoms in total. The summed E-state index contributed by atoms with van der Waals surface area (Å²) in [6, 6.07) is 16.2. The maximum Gasteiger partial charge on any atom is 0.243 e. The molecule has 3 rings (SSSR count). The number of hydrogen-bond acceptors (Lipinski definition) is 3. The van der Waals surface area contributed by atoms with Crippen LogP contribution in [0.15, 0.2) is 59.5 Å². The summed E-state index contributed by atoms with van der Waals surface area (Å²) in [7, 11) is -3.49. The Morgan fingerprint density at radius 1 is 1.00 bits per heavy atom. The lowest BCUT2D eigenvalue weighted by molar-refractivity contribution is -0.120. The fraction of sp³-hybridized carbons (Fsp3) is 0.316. The molecular weight excluding hydrogens is 336 g/mol. The number of rotatable bonds is 4. The lowest BCUT2D eigenvalue weighted by Gasteiger charge is -2.30. The third kappa shape index (κ3) is 4.08. The minimum atomic E-state index is -3.49. The lowest BCUT2D eigenvalue weighted by atomic mass is 9.97. The molecule has 0 atom stereocenters. The van der Waals surface area contributed by atoms with Crippen LogP contribution in [0.5, 0.6) is 0 Å². The van der Waals surface area contributed by atoms with E-state index in [1.165, 1.54) is 4.31 Å². The van der Waals surface area contributed by atoms with Crippen molar-refractivity contribution in [2.75, 3.05) is 18.4 Å². The Morgan fingerprint density at radius 3 is 2.20 bits per heavy atom. The molecule has 1 aliphatic rings. The summed E-state index contributed by atoms with van der Waals surface area (Å²) >= 11 is 0. The second-order valence-electron chi connectivity index (χ2n) is 6.35. The van der Waals surface area contributed by atoms with Crippen molar-refractivity contribution < 1.29 is 13.2 Å². The first-order valence-electron chi connectivity index (χ1n) is 8.39. The van der Waals surface area contributed by atoms with Crippen molar-refractivity contribution in [3.63, 3.8) is 0 Å². The average Bonchev–Trinajstić information content (AvgIpc) is 2.63. The molecule has 2 aromatic carbocycles. The SMILES string of the molecule is Cc1ccc(S(=O)(=O)N2CCC(C(=O)Nc3ccccc3)CC2)cc1. The molecule has 0 spiro atoms. The van der Waals surface area contributed by atoms with Crippen LogP contribution in [0.4, 0.5) is 5.69 Å². The number of nitrogens with one attached hydrogen (secondary N) is 1. The molecule has 0 aromatic heterocycles. The van der Waals surface area contributed by atoms with E-state index in [4.69, 9.17) is 0 Å². The predicted octanol–water partition coefficient (Wildman–Crippen LogP) is 3.03. The van der Waals surface area contributed by atoms with Gasteiger partial charge in [0.15, 0.2) is 0 Å². The van der Waals surface area contributed by atoms with Gasteiger partial charge < -0.3 is 5.32 Å². The van der Waals surface area contributed by atoms with Crippen LogP contribution < -0.4 is 5.32 Å². The van der Waals surface area contributed by atoms with E-state index in [1.807, 2.05) is 37.3 Å². The number of amides is 1. The number of piperidine rings is 1. The number of benzene rings is 2. The number of sulfonamides is 1. The molecular formula is C19H22N2O3S. The quantitative estimate of drug-likeness (QED) is 0.913. The summed E-state index contributed by atoms with van der Waals surface area (Å²) < 4.78 is 26.9. The van der Waals surface area contributed by atoms with Crippen molar-refractivity contribution in [1.29, 1.82) is 0 Å². The normalized spacial score (nSPS) is 16.5. The third-order valence-electron chi connectivity index (χ3n) is 4.52. The highest BCUT2D eigenvalue weighted by Gasteiger charge is 2.32. The van der Waals surface area contributed by atoms with Gasteiger partial charge in [0.05, 0.1) is 4.90 Å². The lowest BCUT2D eigenvalue weighted by Crippen LogP contribution is -2.41. The number of aryl methyl sites for hydroxylation is 1. The molecule has 2 aromatic rings. The Labute approximate surface area is 148 Å². The summed E-state index contributed by atoms with van der Waals surface area (Å²) in [6.07, 6.45) is 1.06. The van der Waals surface area contributed by atoms with Gasteiger partial charge in [0.1, 0.15) is 0 Å². The van der Waals surface area contributed by atoms with Crippen molar-refractivity contribution in [3.05, 3.63) is 60.2 Å². The summed E-state index contributed by atoms with van der Waals surface area (Å²) in [5, 5.41) is 2.90. The number of carbonyl (C=O) groups excluding carboxylic acids is 1. The van der Waals surface area contributed by atoms with Crippen molar-refractivity contribution in [2.24, 2.45) is 5.92 Å². The highest BCUT2D eigenvalue weighted by Crippen LogP contribution is 2.25. The highest BCUT2D eigenvalue weighted by atomic mass is 32.2. The number of nitrogens with zero attached hydrogens (tertiary/aromatic N) is 1. The van der Waals surface area contributed by atoms with Gasteiger partial charge in [-0.25, -0.2) is 8.42 Å². The zero-order valence-electron chi connectivity index (χ0n) is 14.2. The maximum atomic E-state index is 12.7. The number of hydrogen-bond donors (Lipinski definition) is 1. The van der Waals surface area contributed by atoms with Gasteiger partial charge in [-0.05, 0) is 44.0 Å². The monoisotopic (exact) mass is 358 g/mol. The predicted molar refractivity (Wildman–Crippen MR) is 97.7 cm³/mol. The topological polar surface area (TPSA) is 66.5 Å². The maximum absolute atomic E-state index is 12.7. The van der Waals surface area contributed by atoms with Gasteiger partial charge in [0.25, 0.3) is 0 Å². The first kappa shape index (κ1) is 17.6. The van der Waals surface area contributed by atoms with E-state index < -0.39 is 10.0 Å². The van der Waals surface area contributed by atoms with Gasteiger partial charge in [0, 0.05) is 24.7 Å². The van der Waals surface area contributed by atoms with Crippen molar-refractivity contribution in [3.8, 4) is 0 Å². The summed E-state index contributed by atoms with van der Waals surface area (Å²) in [5.41, 5.74) is 1.79. The largest absolute Gasteiger partial charge is 0.326 e. The van der Waals surface area contributed by atoms with E-state index in [2.05, 4.69) is 5.32 Å². The van der Waals surface area contributed by atoms with E-state index in [1.54, 1.807) is 24.3 Å². The molecule has 1 fully saturated rings. The molecule has 0 bridgehead atoms. The van der Waals surface area contributed by atoms with Gasteiger partial charge in [-0.15, -0.1) is 0 Å². The van der Waals surface area contributed by atoms with Crippen molar-refractivity contribution in [2.45, 2.75) is 24.7 Å². The van der Waals surface area contributed by atoms with Gasteiger partial charge in [-0.2, -0.15) is 4.31 Å². The Hall–Kier alpha value is -2.18. The van der Waals surface area contributed by atoms with E-state index in [-0.39, 0.29) is 11.8 Å². The van der Waals surface area contributed by atoms with Crippen molar-refractivity contribution in [1.82, 2.24) is 4.31 Å². The minimum Gasteiger partial charge on any atom is -0.326 e. The molecule has 1 amide bonds. The number of para-hydroxylation sites is 1. The molecule has 1 aliphatic heterocycles. The Kier molecular flexibility index (Phi) is 5.20. The smallest absolute Gasteiger partial charge is 0.243 e. The van der Waals surface area contributed by atoms with Gasteiger partial charge in [-0.1, -0.05) is 35.9 Å². The summed E-state index contributed by atoms with van der Waals surface area (Å²) in [6.45, 7) is 2.65. The molecule has 1 heterocycles. The second-order valence-corrected chi connectivity index (χ2v) is 8.28. The first-order valence-corrected chi connectivity index (χ1v) is 9.83. The fourth-order valence-corrected chi connectivity index (χ4v) is 4.45. The Balaban J connectivity index is 1.61. The van der Waals surface area contributed by atoms with Crippen LogP contribution >= 0.6 is 0 Å². The highest BCUT2D eigenvalue weighted by molar-refractivity contribution is 7.89. The van der Waals surface area contributed by atoms with Crippen LogP contribution in [0.25, 0.3) is 0 Å². The van der Waals surface area contributed by atoms with Crippen LogP contribution in [0.2, 0.25) is 0 Å². The first-order chi connectivity index (χ1) is 12.0. The van der Waals surface area contributed by atoms with E-state index in [0.717, 1.165) is 11.3 Å². The molecule has 25 heavy (non-hydrogen) atoms. The minimum absolute atomic E-state index is 0.0430. The molecule has 0 unspecified atom stereocenters. The molecule has 1 N–H and O–H groups in total. The standard InChI is InChI=1S/C19H22N2O3S/c1-15-7-9-18(10-8-15)25(23,24)21-13-11-16(12-14-21)19(22)20-17-5-3-2-4-6-17/h2-10,16H,11-14H2,1H3,(H,20,22). The zero-order valence-corrected chi connectivity index (χ0v) is 15.0. The van der Waals surface area contributed by atoms with Gasteiger partial charge in [0.2, 0.25) is 15.9 Å². The molecule has 132 valence electrons. The van der Waals surface area contributed by atoms with Crippen molar-refractivity contribution >= 4 is 21.6 Å². The summed E-state index contributed by atoms with van der Waals surface area (Å²) in [4.78, 5) is 12.7. The molecule has 1 saturated heterocycles. The molecule has 0 saturated carbocycles. The zero-order chi connectivity index (χ0) is 17.9. The Morgan fingerprint density at radius 2 is 1.60 bits per heavy atom. The molecule has 6 heteroatoms. The summed E-state index contributed by atoms with van der Waals surface area (Å²) in [5.74, 6) is -0.205. The van der Waals surface area contributed by atoms with Crippen LogP contribution in [-0.2, 0) is 14.8 Å². The van der Waals surface area contributed by atoms with Crippen LogP contribution in [0, 0.1) is 12.8 Å². The number of carbonyl (C=O) groups is 1. The Bertz CT molecular complexity index is 825. The fourth-order valence-electron chi connectivity index (χ4n) is 2.98. The van der Waals surface area contributed by atoms with E-state index in [0.29, 0.717) is 30.8 Å². The van der Waals surface area contributed by atoms with Gasteiger partial charge >= 0.3 is 0 Å². The molecule has 0 aliphatic carbocycles. The van der Waals surface area contributed by atoms with E-state index >= 15 is 0 Å². The molecule has 0 radical (unpaired) electrons. The van der Waals surface area contributed by atoms with Gasteiger partial charge in [-0.3, -0.25) is 4.79 Å². The average molecular weight is 358 g/mol. The van der Waals surface area contributed by atoms with Crippen LogP contribution in [0.3, 0.4) is 0 Å². The van der Waals surface area contributed by atoms with E-state index in [9.17, 15) is 13.2 Å².